The summed E-state index contributed by atoms with van der Waals surface area (Å²) >= 11 is 0. The highest BCUT2D eigenvalue weighted by molar-refractivity contribution is 6.05. The van der Waals surface area contributed by atoms with Crippen LogP contribution in [0.25, 0.3) is 0 Å². The molecule has 3 aliphatic rings. The molecule has 3 unspecified atom stereocenters. The maximum atomic E-state index is 14.9. The third kappa shape index (κ3) is 4.99. The number of hydrogen-bond donors (Lipinski definition) is 1. The average molecular weight is 499 g/mol. The van der Waals surface area contributed by atoms with Gasteiger partial charge in [0.25, 0.3) is 5.91 Å². The zero-order valence-electron chi connectivity index (χ0n) is 23.2. The molecule has 0 spiro atoms. The van der Waals surface area contributed by atoms with Gasteiger partial charge < -0.3 is 14.4 Å². The summed E-state index contributed by atoms with van der Waals surface area (Å²) < 4.78 is 52.3. The molecule has 190 valence electrons. The zero-order valence-corrected chi connectivity index (χ0v) is 20.2. The lowest BCUT2D eigenvalue weighted by Crippen LogP contribution is -2.52. The number of fused-ring (bicyclic) bond motifs is 1. The summed E-state index contributed by atoms with van der Waals surface area (Å²) in [6.07, 6.45) is -0.144. The number of imide groups is 1. The molecule has 36 heavy (non-hydrogen) atoms. The van der Waals surface area contributed by atoms with E-state index in [4.69, 9.17) is 13.6 Å². The SMILES string of the molecule is [2H]C([2H])(Oc1cccc2c1CN(C1([2H])CCC(=O)NC1=O)C2=O)c1cc(CN2CC(C)OC(C)C2)ccc1F. The number of rotatable bonds is 6. The Morgan fingerprint density at radius 3 is 2.72 bits per heavy atom. The minimum atomic E-state index is -2.59. The topological polar surface area (TPSA) is 88.2 Å². The fourth-order valence-electron chi connectivity index (χ4n) is 5.01. The minimum absolute atomic E-state index is 0.00451. The number of hydrogen-bond acceptors (Lipinski definition) is 6. The monoisotopic (exact) mass is 498 g/mol. The molecular weight excluding hydrogens is 465 g/mol. The molecule has 3 amide bonds. The molecule has 1 N–H and O–H groups in total. The van der Waals surface area contributed by atoms with E-state index < -0.39 is 36.1 Å². The molecule has 9 heteroatoms. The van der Waals surface area contributed by atoms with Crippen LogP contribution < -0.4 is 10.1 Å². The molecule has 2 saturated heterocycles. The Bertz CT molecular complexity index is 1330. The lowest BCUT2D eigenvalue weighted by atomic mass is 10.0. The molecule has 0 radical (unpaired) electrons. The van der Waals surface area contributed by atoms with Crippen molar-refractivity contribution in [3.05, 3.63) is 64.5 Å². The number of ether oxygens (including phenoxy) is 2. The third-order valence-electron chi connectivity index (χ3n) is 6.56. The maximum absolute atomic E-state index is 14.9. The Balaban J connectivity index is 1.39. The molecule has 0 aliphatic carbocycles. The summed E-state index contributed by atoms with van der Waals surface area (Å²) in [5.41, 5.74) is 0.879. The fourth-order valence-corrected chi connectivity index (χ4v) is 5.01. The highest BCUT2D eigenvalue weighted by atomic mass is 19.1. The Hall–Kier alpha value is -3.30. The smallest absolute Gasteiger partial charge is 0.255 e. The van der Waals surface area contributed by atoms with Crippen molar-refractivity contribution in [2.75, 3.05) is 13.1 Å². The van der Waals surface area contributed by atoms with Gasteiger partial charge in [-0.3, -0.25) is 24.6 Å². The van der Waals surface area contributed by atoms with Crippen LogP contribution in [0.5, 0.6) is 5.75 Å². The Morgan fingerprint density at radius 2 is 1.97 bits per heavy atom. The van der Waals surface area contributed by atoms with Gasteiger partial charge in [0, 0.05) is 42.7 Å². The molecule has 3 heterocycles. The van der Waals surface area contributed by atoms with Crippen molar-refractivity contribution >= 4 is 17.7 Å². The Morgan fingerprint density at radius 1 is 1.19 bits per heavy atom. The van der Waals surface area contributed by atoms with Gasteiger partial charge in [-0.25, -0.2) is 4.39 Å². The number of morpholine rings is 1. The maximum Gasteiger partial charge on any atom is 0.255 e. The van der Waals surface area contributed by atoms with E-state index in [1.165, 1.54) is 30.3 Å². The Labute approximate surface area is 213 Å². The first-order chi connectivity index (χ1) is 18.4. The van der Waals surface area contributed by atoms with E-state index in [1.807, 2.05) is 13.8 Å². The molecule has 0 aromatic heterocycles. The summed E-state index contributed by atoms with van der Waals surface area (Å²) in [6.45, 7) is 3.07. The summed E-state index contributed by atoms with van der Waals surface area (Å²) in [6, 6.07) is 6.75. The van der Waals surface area contributed by atoms with Crippen LogP contribution in [0.1, 0.15) is 57.8 Å². The van der Waals surface area contributed by atoms with Gasteiger partial charge in [-0.15, -0.1) is 0 Å². The number of nitrogens with one attached hydrogen (secondary N) is 1. The molecular formula is C27H30FN3O5. The molecule has 0 saturated carbocycles. The first kappa shape index (κ1) is 20.8. The van der Waals surface area contributed by atoms with Crippen LogP contribution in [0.3, 0.4) is 0 Å². The van der Waals surface area contributed by atoms with E-state index in [2.05, 4.69) is 10.2 Å². The number of benzene rings is 2. The predicted molar refractivity (Wildman–Crippen MR) is 129 cm³/mol. The molecule has 8 nitrogen and oxygen atoms in total. The van der Waals surface area contributed by atoms with Gasteiger partial charge in [-0.2, -0.15) is 0 Å². The number of carbonyl (C=O) groups is 3. The standard InChI is InChI=1S/C27H30FN3O5/c1-16-11-30(12-17(2)36-16)13-18-6-7-22(28)19(10-18)15-35-24-5-3-4-20-21(24)14-31(27(20)34)23-8-9-25(32)29-26(23)33/h3-7,10,16-17,23H,8-9,11-15H2,1-2H3,(H,29,32,33)/i15D2,23D. The normalized spacial score (nSPS) is 28.2. The van der Waals surface area contributed by atoms with Crippen LogP contribution in [0.4, 0.5) is 4.39 Å². The van der Waals surface area contributed by atoms with E-state index in [0.29, 0.717) is 25.2 Å². The van der Waals surface area contributed by atoms with Gasteiger partial charge in [-0.1, -0.05) is 12.1 Å². The highest BCUT2D eigenvalue weighted by Gasteiger charge is 2.40. The lowest BCUT2D eigenvalue weighted by Gasteiger charge is -2.35. The van der Waals surface area contributed by atoms with Crippen molar-refractivity contribution in [1.82, 2.24) is 15.1 Å². The van der Waals surface area contributed by atoms with Crippen molar-refractivity contribution in [3.63, 3.8) is 0 Å². The number of piperidine rings is 1. The second-order valence-corrected chi connectivity index (χ2v) is 9.47. The zero-order chi connectivity index (χ0) is 28.1. The van der Waals surface area contributed by atoms with Gasteiger partial charge in [-0.05, 0) is 50.1 Å². The number of carbonyl (C=O) groups excluding carboxylic acids is 3. The number of amides is 3. The van der Waals surface area contributed by atoms with Gasteiger partial charge in [0.1, 0.15) is 24.1 Å². The van der Waals surface area contributed by atoms with Crippen LogP contribution in [-0.2, 0) is 34.0 Å². The second kappa shape index (κ2) is 9.99. The van der Waals surface area contributed by atoms with Crippen LogP contribution in [-0.4, -0.2) is 58.8 Å². The summed E-state index contributed by atoms with van der Waals surface area (Å²) in [7, 11) is 0. The quantitative estimate of drug-likeness (QED) is 0.617. The van der Waals surface area contributed by atoms with Crippen LogP contribution >= 0.6 is 0 Å². The van der Waals surface area contributed by atoms with Gasteiger partial charge in [0.05, 0.1) is 22.9 Å². The molecule has 3 aliphatic heterocycles. The van der Waals surface area contributed by atoms with Crippen molar-refractivity contribution in [3.8, 4) is 5.75 Å². The van der Waals surface area contributed by atoms with Crippen LogP contribution in [0.15, 0.2) is 36.4 Å². The predicted octanol–water partition coefficient (Wildman–Crippen LogP) is 2.77. The van der Waals surface area contributed by atoms with Crippen molar-refractivity contribution < 1.29 is 32.4 Å². The fraction of sp³-hybridized carbons (Fsp3) is 0.444. The molecule has 2 aromatic carbocycles. The van der Waals surface area contributed by atoms with Gasteiger partial charge in [0.2, 0.25) is 11.8 Å². The van der Waals surface area contributed by atoms with E-state index in [0.717, 1.165) is 4.90 Å². The minimum Gasteiger partial charge on any atom is -0.488 e. The first-order valence-corrected chi connectivity index (χ1v) is 12.0. The molecule has 5 rings (SSSR count). The van der Waals surface area contributed by atoms with E-state index in [-0.39, 0.29) is 54.0 Å². The van der Waals surface area contributed by atoms with Crippen LogP contribution in [0.2, 0.25) is 0 Å². The van der Waals surface area contributed by atoms with Gasteiger partial charge in [0.15, 0.2) is 0 Å². The van der Waals surface area contributed by atoms with E-state index in [9.17, 15) is 18.8 Å². The molecule has 2 fully saturated rings. The first-order valence-electron chi connectivity index (χ1n) is 13.5. The molecule has 2 aromatic rings. The highest BCUT2D eigenvalue weighted by Crippen LogP contribution is 2.34. The molecule has 0 bridgehead atoms. The van der Waals surface area contributed by atoms with E-state index >= 15 is 0 Å². The molecule has 3 atom stereocenters. The lowest BCUT2D eigenvalue weighted by molar-refractivity contribution is -0.136. The van der Waals surface area contributed by atoms with Crippen molar-refractivity contribution in [2.45, 2.75) is 64.6 Å². The number of nitrogens with zero attached hydrogens (tertiary/aromatic N) is 2. The number of halogens is 1. The summed E-state index contributed by atoms with van der Waals surface area (Å²) in [5, 5.41) is 2.11. The Kier molecular flexibility index (Phi) is 5.78. The van der Waals surface area contributed by atoms with Crippen LogP contribution in [0, 0.1) is 5.82 Å². The third-order valence-corrected chi connectivity index (χ3v) is 6.56. The average Bonchev–Trinajstić information content (AvgIpc) is 3.20. The summed E-state index contributed by atoms with van der Waals surface area (Å²) in [5.74, 6) is -2.76. The largest absolute Gasteiger partial charge is 0.488 e. The van der Waals surface area contributed by atoms with Gasteiger partial charge >= 0.3 is 0 Å². The van der Waals surface area contributed by atoms with E-state index in [1.54, 1.807) is 6.07 Å². The van der Waals surface area contributed by atoms with Crippen molar-refractivity contribution in [1.29, 1.82) is 0 Å². The van der Waals surface area contributed by atoms with Crippen molar-refractivity contribution in [2.24, 2.45) is 0 Å². The second-order valence-electron chi connectivity index (χ2n) is 9.47. The summed E-state index contributed by atoms with van der Waals surface area (Å²) in [4.78, 5) is 40.5.